The number of halogens is 1. The van der Waals surface area contributed by atoms with Crippen LogP contribution >= 0.6 is 11.3 Å². The summed E-state index contributed by atoms with van der Waals surface area (Å²) < 4.78 is 40.2. The number of hydrogen-bond donors (Lipinski definition) is 0. The van der Waals surface area contributed by atoms with Gasteiger partial charge < -0.3 is 4.90 Å². The summed E-state index contributed by atoms with van der Waals surface area (Å²) in [6.07, 6.45) is 3.08. The van der Waals surface area contributed by atoms with Crippen LogP contribution in [0.15, 0.2) is 33.6 Å². The summed E-state index contributed by atoms with van der Waals surface area (Å²) >= 11 is 1.14. The Morgan fingerprint density at radius 1 is 1.36 bits per heavy atom. The van der Waals surface area contributed by atoms with Crippen molar-refractivity contribution in [3.63, 3.8) is 0 Å². The molecule has 0 aromatic carbocycles. The third-order valence-corrected chi connectivity index (χ3v) is 7.25. The van der Waals surface area contributed by atoms with Crippen LogP contribution in [0.3, 0.4) is 0 Å². The first-order valence-corrected chi connectivity index (χ1v) is 9.51. The van der Waals surface area contributed by atoms with Crippen LogP contribution < -0.4 is 0 Å². The topological polar surface area (TPSA) is 57.7 Å². The molecule has 8 heteroatoms. The van der Waals surface area contributed by atoms with Crippen LogP contribution in [0.25, 0.3) is 0 Å². The molecule has 5 nitrogen and oxygen atoms in total. The van der Waals surface area contributed by atoms with Crippen molar-refractivity contribution < 1.29 is 17.6 Å². The van der Waals surface area contributed by atoms with Crippen LogP contribution in [0.1, 0.15) is 19.3 Å². The van der Waals surface area contributed by atoms with Gasteiger partial charge in [-0.25, -0.2) is 12.8 Å². The standard InChI is InChI=1S/C14H17FN2O3S2/c15-11-4-1-7-16(10-11)14(18)12-5-2-8-17(12)22(19,20)13-6-3-9-21-13/h3-4,6,9,12H,1-2,5,7-8,10H2/t12-/m0/s1. The zero-order valence-electron chi connectivity index (χ0n) is 11.9. The summed E-state index contributed by atoms with van der Waals surface area (Å²) in [4.78, 5) is 14.0. The lowest BCUT2D eigenvalue weighted by molar-refractivity contribution is -0.134. The van der Waals surface area contributed by atoms with Crippen molar-refractivity contribution in [2.24, 2.45) is 0 Å². The van der Waals surface area contributed by atoms with E-state index in [1.165, 1.54) is 15.3 Å². The predicted octanol–water partition coefficient (Wildman–Crippen LogP) is 1.99. The average molecular weight is 344 g/mol. The quantitative estimate of drug-likeness (QED) is 0.842. The number of carbonyl (C=O) groups excluding carboxylic acids is 1. The lowest BCUT2D eigenvalue weighted by Crippen LogP contribution is -2.48. The van der Waals surface area contributed by atoms with E-state index in [9.17, 15) is 17.6 Å². The van der Waals surface area contributed by atoms with Gasteiger partial charge in [0.25, 0.3) is 10.0 Å². The maximum atomic E-state index is 13.4. The number of rotatable bonds is 3. The summed E-state index contributed by atoms with van der Waals surface area (Å²) in [6.45, 7) is 0.723. The molecule has 2 aliphatic heterocycles. The van der Waals surface area contributed by atoms with Crippen LogP contribution in [-0.2, 0) is 14.8 Å². The lowest BCUT2D eigenvalue weighted by Gasteiger charge is -2.30. The van der Waals surface area contributed by atoms with E-state index in [1.54, 1.807) is 17.5 Å². The molecule has 0 aliphatic carbocycles. The third-order valence-electron chi connectivity index (χ3n) is 3.97. The first-order valence-electron chi connectivity index (χ1n) is 7.19. The molecule has 1 saturated heterocycles. The maximum absolute atomic E-state index is 13.4. The Morgan fingerprint density at radius 3 is 2.86 bits per heavy atom. The molecule has 3 rings (SSSR count). The van der Waals surface area contributed by atoms with Gasteiger partial charge in [0.15, 0.2) is 0 Å². The van der Waals surface area contributed by atoms with E-state index in [0.29, 0.717) is 32.4 Å². The predicted molar refractivity (Wildman–Crippen MR) is 81.6 cm³/mol. The van der Waals surface area contributed by atoms with E-state index in [2.05, 4.69) is 0 Å². The largest absolute Gasteiger partial charge is 0.334 e. The molecular formula is C14H17FN2O3S2. The molecule has 3 heterocycles. The minimum atomic E-state index is -3.65. The minimum Gasteiger partial charge on any atom is -0.334 e. The number of thiophene rings is 1. The van der Waals surface area contributed by atoms with E-state index in [1.807, 2.05) is 0 Å². The molecule has 0 N–H and O–H groups in total. The Kier molecular flexibility index (Phi) is 4.33. The van der Waals surface area contributed by atoms with Gasteiger partial charge in [0.2, 0.25) is 5.91 Å². The van der Waals surface area contributed by atoms with E-state index in [0.717, 1.165) is 11.3 Å². The molecule has 0 radical (unpaired) electrons. The molecule has 120 valence electrons. The normalized spacial score (nSPS) is 23.6. The number of sulfonamides is 1. The van der Waals surface area contributed by atoms with E-state index in [-0.39, 0.29) is 22.5 Å². The van der Waals surface area contributed by atoms with Crippen molar-refractivity contribution in [3.05, 3.63) is 29.4 Å². The van der Waals surface area contributed by atoms with E-state index < -0.39 is 16.1 Å². The van der Waals surface area contributed by atoms with Gasteiger partial charge in [0.05, 0.1) is 6.54 Å². The number of nitrogens with zero attached hydrogens (tertiary/aromatic N) is 2. The van der Waals surface area contributed by atoms with Crippen molar-refractivity contribution in [2.75, 3.05) is 19.6 Å². The molecule has 1 aromatic rings. The SMILES string of the molecule is O=C([C@@H]1CCCN1S(=O)(=O)c1cccs1)N1CCC=C(F)C1. The second-order valence-electron chi connectivity index (χ2n) is 5.41. The number of hydrogen-bond acceptors (Lipinski definition) is 4. The zero-order valence-corrected chi connectivity index (χ0v) is 13.6. The van der Waals surface area contributed by atoms with Crippen molar-refractivity contribution in [2.45, 2.75) is 29.5 Å². The summed E-state index contributed by atoms with van der Waals surface area (Å²) in [7, 11) is -3.65. The molecule has 1 atom stereocenters. The van der Waals surface area contributed by atoms with Gasteiger partial charge in [0.1, 0.15) is 16.1 Å². The molecule has 22 heavy (non-hydrogen) atoms. The maximum Gasteiger partial charge on any atom is 0.253 e. The van der Waals surface area contributed by atoms with Crippen LogP contribution in [0, 0.1) is 0 Å². The van der Waals surface area contributed by atoms with Gasteiger partial charge in [-0.05, 0) is 36.8 Å². The number of amides is 1. The average Bonchev–Trinajstić information content (AvgIpc) is 3.18. The Labute approximate surface area is 133 Å². The Balaban J connectivity index is 1.82. The van der Waals surface area contributed by atoms with Crippen LogP contribution in [0.2, 0.25) is 0 Å². The Morgan fingerprint density at radius 2 is 2.18 bits per heavy atom. The molecule has 2 aliphatic rings. The van der Waals surface area contributed by atoms with Gasteiger partial charge >= 0.3 is 0 Å². The highest BCUT2D eigenvalue weighted by molar-refractivity contribution is 7.91. The Hall–Kier alpha value is -1.25. The van der Waals surface area contributed by atoms with Gasteiger partial charge in [-0.1, -0.05) is 6.07 Å². The summed E-state index contributed by atoms with van der Waals surface area (Å²) in [6, 6.07) is 2.51. The van der Waals surface area contributed by atoms with Crippen LogP contribution in [-0.4, -0.2) is 49.2 Å². The molecule has 1 aromatic heterocycles. The highest BCUT2D eigenvalue weighted by Gasteiger charge is 2.41. The van der Waals surface area contributed by atoms with Crippen molar-refractivity contribution in [1.29, 1.82) is 0 Å². The molecule has 1 amide bonds. The van der Waals surface area contributed by atoms with Crippen molar-refractivity contribution >= 4 is 27.3 Å². The second kappa shape index (κ2) is 6.10. The minimum absolute atomic E-state index is 0.0534. The molecule has 0 spiro atoms. The number of carbonyl (C=O) groups is 1. The van der Waals surface area contributed by atoms with Crippen LogP contribution in [0.4, 0.5) is 4.39 Å². The fraction of sp³-hybridized carbons (Fsp3) is 0.500. The molecular weight excluding hydrogens is 327 g/mol. The van der Waals surface area contributed by atoms with Gasteiger partial charge in [0, 0.05) is 13.1 Å². The first-order chi connectivity index (χ1) is 10.5. The van der Waals surface area contributed by atoms with Gasteiger partial charge in [-0.15, -0.1) is 11.3 Å². The molecule has 0 saturated carbocycles. The fourth-order valence-electron chi connectivity index (χ4n) is 2.90. The first kappa shape index (κ1) is 15.6. The summed E-state index contributed by atoms with van der Waals surface area (Å²) in [5, 5.41) is 1.70. The Bertz CT molecular complexity index is 685. The summed E-state index contributed by atoms with van der Waals surface area (Å²) in [5.41, 5.74) is 0. The lowest BCUT2D eigenvalue weighted by atomic mass is 10.1. The zero-order chi connectivity index (χ0) is 15.7. The molecule has 0 unspecified atom stereocenters. The monoisotopic (exact) mass is 344 g/mol. The van der Waals surface area contributed by atoms with E-state index in [4.69, 9.17) is 0 Å². The van der Waals surface area contributed by atoms with Gasteiger partial charge in [-0.2, -0.15) is 4.31 Å². The molecule has 0 bridgehead atoms. The smallest absolute Gasteiger partial charge is 0.253 e. The van der Waals surface area contributed by atoms with Crippen molar-refractivity contribution in [3.8, 4) is 0 Å². The van der Waals surface area contributed by atoms with Gasteiger partial charge in [-0.3, -0.25) is 4.79 Å². The third kappa shape index (κ3) is 2.82. The fourth-order valence-corrected chi connectivity index (χ4v) is 5.67. The summed E-state index contributed by atoms with van der Waals surface area (Å²) in [5.74, 6) is -0.619. The highest BCUT2D eigenvalue weighted by atomic mass is 32.2. The van der Waals surface area contributed by atoms with E-state index >= 15 is 0 Å². The molecule has 1 fully saturated rings. The van der Waals surface area contributed by atoms with Crippen LogP contribution in [0.5, 0.6) is 0 Å². The second-order valence-corrected chi connectivity index (χ2v) is 8.47. The van der Waals surface area contributed by atoms with Crippen molar-refractivity contribution in [1.82, 2.24) is 9.21 Å². The highest BCUT2D eigenvalue weighted by Crippen LogP contribution is 2.30.